The minimum atomic E-state index is -0.897. The van der Waals surface area contributed by atoms with Crippen molar-refractivity contribution in [3.05, 3.63) is 39.7 Å². The molecule has 8 heteroatoms. The predicted octanol–water partition coefficient (Wildman–Crippen LogP) is 2.52. The van der Waals surface area contributed by atoms with Crippen molar-refractivity contribution in [1.82, 2.24) is 15.2 Å². The molecule has 2 heterocycles. The second-order valence-electron chi connectivity index (χ2n) is 5.89. The van der Waals surface area contributed by atoms with Gasteiger partial charge in [0, 0.05) is 42.1 Å². The lowest BCUT2D eigenvalue weighted by Gasteiger charge is -2.26. The van der Waals surface area contributed by atoms with Crippen LogP contribution >= 0.6 is 22.9 Å². The summed E-state index contributed by atoms with van der Waals surface area (Å²) in [5.41, 5.74) is 1.64. The number of nitrogens with one attached hydrogen (secondary N) is 1. The van der Waals surface area contributed by atoms with Gasteiger partial charge in [-0.2, -0.15) is 5.26 Å². The van der Waals surface area contributed by atoms with Crippen molar-refractivity contribution < 1.29 is 9.53 Å². The number of thiazole rings is 1. The van der Waals surface area contributed by atoms with Gasteiger partial charge in [-0.3, -0.25) is 9.69 Å². The van der Waals surface area contributed by atoms with Crippen LogP contribution < -0.4 is 5.32 Å². The Kier molecular flexibility index (Phi) is 6.58. The van der Waals surface area contributed by atoms with E-state index >= 15 is 0 Å². The third-order valence-corrected chi connectivity index (χ3v) is 5.29. The Morgan fingerprint density at radius 1 is 1.38 bits per heavy atom. The molecule has 0 saturated carbocycles. The molecule has 1 N–H and O–H groups in total. The van der Waals surface area contributed by atoms with Gasteiger partial charge in [-0.1, -0.05) is 23.7 Å². The summed E-state index contributed by atoms with van der Waals surface area (Å²) in [5, 5.41) is 15.3. The first kappa shape index (κ1) is 18.8. The number of carbonyl (C=O) groups is 1. The van der Waals surface area contributed by atoms with Crippen molar-refractivity contribution in [2.24, 2.45) is 0 Å². The van der Waals surface area contributed by atoms with Crippen LogP contribution in [0, 0.1) is 11.3 Å². The monoisotopic (exact) mass is 390 g/mol. The van der Waals surface area contributed by atoms with E-state index in [2.05, 4.69) is 21.3 Å². The maximum atomic E-state index is 12.4. The lowest BCUT2D eigenvalue weighted by atomic mass is 10.1. The van der Waals surface area contributed by atoms with Gasteiger partial charge in [-0.25, -0.2) is 4.98 Å². The van der Waals surface area contributed by atoms with Crippen LogP contribution in [0.15, 0.2) is 29.6 Å². The van der Waals surface area contributed by atoms with Gasteiger partial charge in [0.15, 0.2) is 5.92 Å². The summed E-state index contributed by atoms with van der Waals surface area (Å²) in [5.74, 6) is -1.21. The van der Waals surface area contributed by atoms with E-state index < -0.39 is 5.92 Å². The average molecular weight is 391 g/mol. The summed E-state index contributed by atoms with van der Waals surface area (Å²) >= 11 is 7.22. The highest BCUT2D eigenvalue weighted by Crippen LogP contribution is 2.27. The van der Waals surface area contributed by atoms with Gasteiger partial charge >= 0.3 is 0 Å². The molecule has 0 aliphatic carbocycles. The molecule has 1 amide bonds. The fourth-order valence-electron chi connectivity index (χ4n) is 2.66. The summed E-state index contributed by atoms with van der Waals surface area (Å²) in [7, 11) is 0. The van der Waals surface area contributed by atoms with Crippen molar-refractivity contribution in [3.8, 4) is 17.3 Å². The van der Waals surface area contributed by atoms with E-state index in [4.69, 9.17) is 16.3 Å². The zero-order chi connectivity index (χ0) is 18.4. The third kappa shape index (κ3) is 4.80. The van der Waals surface area contributed by atoms with Gasteiger partial charge in [-0.05, 0) is 12.1 Å². The maximum absolute atomic E-state index is 12.4. The van der Waals surface area contributed by atoms with Crippen LogP contribution in [0.1, 0.15) is 10.9 Å². The summed E-state index contributed by atoms with van der Waals surface area (Å²) in [4.78, 5) is 19.1. The van der Waals surface area contributed by atoms with Crippen LogP contribution in [-0.4, -0.2) is 55.2 Å². The number of halogens is 1. The minimum Gasteiger partial charge on any atom is -0.379 e. The molecule has 2 aromatic rings. The van der Waals surface area contributed by atoms with Crippen molar-refractivity contribution >= 4 is 28.8 Å². The molecule has 26 heavy (non-hydrogen) atoms. The van der Waals surface area contributed by atoms with Gasteiger partial charge < -0.3 is 10.1 Å². The standard InChI is InChI=1S/C18H19ClN4O2S/c19-14-3-1-13(2-4-14)16-12-26-18(22-16)15(11-20)17(24)21-5-6-23-7-9-25-10-8-23/h1-4,12,15H,5-10H2,(H,21,24)/t15-/m1/s1. The number of hydrogen-bond donors (Lipinski definition) is 1. The Hall–Kier alpha value is -1.98. The average Bonchev–Trinajstić information content (AvgIpc) is 3.13. The van der Waals surface area contributed by atoms with E-state index in [9.17, 15) is 10.1 Å². The van der Waals surface area contributed by atoms with E-state index in [1.807, 2.05) is 17.5 Å². The normalized spacial score (nSPS) is 16.0. The Bertz CT molecular complexity index is 781. The predicted molar refractivity (Wildman–Crippen MR) is 101 cm³/mol. The lowest BCUT2D eigenvalue weighted by Crippen LogP contribution is -2.42. The van der Waals surface area contributed by atoms with E-state index in [0.717, 1.165) is 44.1 Å². The van der Waals surface area contributed by atoms with Crippen LogP contribution in [0.3, 0.4) is 0 Å². The molecule has 1 fully saturated rings. The van der Waals surface area contributed by atoms with E-state index in [-0.39, 0.29) is 5.91 Å². The summed E-state index contributed by atoms with van der Waals surface area (Å²) < 4.78 is 5.30. The van der Waals surface area contributed by atoms with Crippen molar-refractivity contribution in [2.75, 3.05) is 39.4 Å². The zero-order valence-electron chi connectivity index (χ0n) is 14.2. The van der Waals surface area contributed by atoms with Crippen molar-refractivity contribution in [2.45, 2.75) is 5.92 Å². The first-order valence-electron chi connectivity index (χ1n) is 8.36. The van der Waals surface area contributed by atoms with E-state index in [0.29, 0.717) is 16.6 Å². The molecule has 0 spiro atoms. The Morgan fingerprint density at radius 3 is 2.81 bits per heavy atom. The molecule has 0 bridgehead atoms. The van der Waals surface area contributed by atoms with Crippen LogP contribution in [0.4, 0.5) is 0 Å². The molecule has 1 aliphatic rings. The molecule has 3 rings (SSSR count). The number of hydrogen-bond acceptors (Lipinski definition) is 6. The van der Waals surface area contributed by atoms with Crippen LogP contribution in [-0.2, 0) is 9.53 Å². The fourth-order valence-corrected chi connectivity index (χ4v) is 3.66. The number of nitrogens with zero attached hydrogens (tertiary/aromatic N) is 3. The van der Waals surface area contributed by atoms with Gasteiger partial charge in [-0.15, -0.1) is 11.3 Å². The molecule has 6 nitrogen and oxygen atoms in total. The number of morpholine rings is 1. The number of benzene rings is 1. The van der Waals surface area contributed by atoms with Gasteiger partial charge in [0.2, 0.25) is 5.91 Å². The van der Waals surface area contributed by atoms with Gasteiger partial charge in [0.25, 0.3) is 0 Å². The molecule has 1 saturated heterocycles. The highest BCUT2D eigenvalue weighted by atomic mass is 35.5. The number of amides is 1. The zero-order valence-corrected chi connectivity index (χ0v) is 15.7. The second-order valence-corrected chi connectivity index (χ2v) is 7.21. The minimum absolute atomic E-state index is 0.308. The van der Waals surface area contributed by atoms with Gasteiger partial charge in [0.05, 0.1) is 25.0 Å². The molecule has 1 aromatic heterocycles. The molecule has 1 aromatic carbocycles. The molecule has 0 unspecified atom stereocenters. The van der Waals surface area contributed by atoms with Crippen LogP contribution in [0.5, 0.6) is 0 Å². The Balaban J connectivity index is 1.58. The van der Waals surface area contributed by atoms with E-state index in [1.54, 1.807) is 12.1 Å². The van der Waals surface area contributed by atoms with E-state index in [1.165, 1.54) is 11.3 Å². The van der Waals surface area contributed by atoms with Crippen LogP contribution in [0.2, 0.25) is 5.02 Å². The quantitative estimate of drug-likeness (QED) is 0.819. The topological polar surface area (TPSA) is 78.2 Å². The smallest absolute Gasteiger partial charge is 0.244 e. The number of nitriles is 1. The summed E-state index contributed by atoms with van der Waals surface area (Å²) in [6, 6.07) is 9.37. The van der Waals surface area contributed by atoms with Crippen molar-refractivity contribution in [3.63, 3.8) is 0 Å². The molecule has 1 aliphatic heterocycles. The summed E-state index contributed by atoms with van der Waals surface area (Å²) in [6.07, 6.45) is 0. The molecule has 0 radical (unpaired) electrons. The number of rotatable bonds is 6. The van der Waals surface area contributed by atoms with Gasteiger partial charge in [0.1, 0.15) is 5.01 Å². The molecular weight excluding hydrogens is 372 g/mol. The van der Waals surface area contributed by atoms with Crippen molar-refractivity contribution in [1.29, 1.82) is 5.26 Å². The first-order valence-corrected chi connectivity index (χ1v) is 9.62. The molecule has 136 valence electrons. The molecule has 1 atom stereocenters. The highest BCUT2D eigenvalue weighted by molar-refractivity contribution is 7.10. The number of aromatic nitrogens is 1. The largest absolute Gasteiger partial charge is 0.379 e. The Labute approximate surface area is 161 Å². The second kappa shape index (κ2) is 9.10. The maximum Gasteiger partial charge on any atom is 0.244 e. The first-order chi connectivity index (χ1) is 12.7. The Morgan fingerprint density at radius 2 is 2.12 bits per heavy atom. The van der Waals surface area contributed by atoms with Crippen LogP contribution in [0.25, 0.3) is 11.3 Å². The highest BCUT2D eigenvalue weighted by Gasteiger charge is 2.24. The summed E-state index contributed by atoms with van der Waals surface area (Å²) in [6.45, 7) is 4.44. The SMILES string of the molecule is N#C[C@H](C(=O)NCCN1CCOCC1)c1nc(-c2ccc(Cl)cc2)cs1. The fraction of sp³-hybridized carbons (Fsp3) is 0.389. The number of carbonyl (C=O) groups excluding carboxylic acids is 1. The molecular formula is C18H19ClN4O2S. The third-order valence-electron chi connectivity index (χ3n) is 4.13. The number of ether oxygens (including phenoxy) is 1. The lowest BCUT2D eigenvalue weighted by molar-refractivity contribution is -0.121.